The largest absolute Gasteiger partial charge is 0.463 e. The zero-order valence-electron chi connectivity index (χ0n) is 19.3. The summed E-state index contributed by atoms with van der Waals surface area (Å²) in [7, 11) is -4.06. The van der Waals surface area contributed by atoms with E-state index in [1.807, 2.05) is 27.7 Å². The number of benzene rings is 1. The second-order valence-electron chi connectivity index (χ2n) is 10.2. The molecule has 1 atom stereocenters. The molecule has 0 radical (unpaired) electrons. The summed E-state index contributed by atoms with van der Waals surface area (Å²) in [5, 5.41) is 0.457. The van der Waals surface area contributed by atoms with Gasteiger partial charge in [-0.2, -0.15) is 8.42 Å². The lowest BCUT2D eigenvalue weighted by atomic mass is 9.61. The van der Waals surface area contributed by atoms with Crippen LogP contribution in [-0.2, 0) is 23.8 Å². The molecule has 0 saturated heterocycles. The Morgan fingerprint density at radius 3 is 2.19 bits per heavy atom. The Morgan fingerprint density at radius 2 is 1.61 bits per heavy atom. The smallest absolute Gasteiger partial charge is 0.336 e. The molecule has 2 aromatic rings. The third-order valence-electron chi connectivity index (χ3n) is 5.42. The molecule has 0 aliphatic heterocycles. The first-order chi connectivity index (χ1) is 14.1. The molecular formula is C23H32O7S. The Bertz CT molecular complexity index is 1100. The zero-order valence-corrected chi connectivity index (χ0v) is 20.1. The molecule has 0 bridgehead atoms. The summed E-state index contributed by atoms with van der Waals surface area (Å²) in [6.07, 6.45) is 0.620. The van der Waals surface area contributed by atoms with Crippen LogP contribution in [0, 0.1) is 16.2 Å². The van der Waals surface area contributed by atoms with Crippen LogP contribution in [0.5, 0.6) is 0 Å². The van der Waals surface area contributed by atoms with Gasteiger partial charge in [0.05, 0.1) is 10.3 Å². The quantitative estimate of drug-likeness (QED) is 0.263. The minimum absolute atomic E-state index is 0.0764. The highest BCUT2D eigenvalue weighted by Crippen LogP contribution is 2.47. The summed E-state index contributed by atoms with van der Waals surface area (Å²) in [4.78, 5) is 24.1. The van der Waals surface area contributed by atoms with E-state index in [4.69, 9.17) is 13.3 Å². The number of fused-ring (bicyclic) bond motifs is 1. The van der Waals surface area contributed by atoms with Crippen molar-refractivity contribution in [3.05, 3.63) is 40.8 Å². The standard InChI is InChI=1S/C23H32O7S/c1-21(2,3)15-23(7,22(4,5)6)20(25)28-12-13-29-31(26,27)17-9-10-18-16(14-17)8-11-19(24)30-18/h8-11,14H,12-13,15H2,1-7H3. The van der Waals surface area contributed by atoms with Gasteiger partial charge in [0.15, 0.2) is 0 Å². The van der Waals surface area contributed by atoms with Crippen molar-refractivity contribution in [3.8, 4) is 0 Å². The lowest BCUT2D eigenvalue weighted by molar-refractivity contribution is -0.165. The number of esters is 1. The maximum absolute atomic E-state index is 12.9. The second kappa shape index (κ2) is 8.74. The average Bonchev–Trinajstić information content (AvgIpc) is 2.62. The number of hydrogen-bond donors (Lipinski definition) is 0. The predicted octanol–water partition coefficient (Wildman–Crippen LogP) is 4.53. The Kier molecular flexibility index (Phi) is 7.07. The SMILES string of the molecule is CC(C)(C)CC(C)(C(=O)OCCOS(=O)(=O)c1ccc2oc(=O)ccc2c1)C(C)(C)C. The monoisotopic (exact) mass is 452 g/mol. The van der Waals surface area contributed by atoms with Crippen molar-refractivity contribution >= 4 is 27.1 Å². The Hall–Kier alpha value is -2.19. The third-order valence-corrected chi connectivity index (χ3v) is 6.73. The van der Waals surface area contributed by atoms with Crippen molar-refractivity contribution in [1.82, 2.24) is 0 Å². The lowest BCUT2D eigenvalue weighted by Gasteiger charge is -2.43. The Balaban J connectivity index is 2.04. The van der Waals surface area contributed by atoms with Crippen molar-refractivity contribution in [3.63, 3.8) is 0 Å². The van der Waals surface area contributed by atoms with Crippen LogP contribution < -0.4 is 5.63 Å². The molecule has 0 N–H and O–H groups in total. The molecule has 0 saturated carbocycles. The summed E-state index contributed by atoms with van der Waals surface area (Å²) < 4.78 is 40.4. The van der Waals surface area contributed by atoms with Gasteiger partial charge in [0.1, 0.15) is 18.8 Å². The van der Waals surface area contributed by atoms with Gasteiger partial charge < -0.3 is 9.15 Å². The van der Waals surface area contributed by atoms with Gasteiger partial charge >= 0.3 is 11.6 Å². The topological polar surface area (TPSA) is 99.9 Å². The van der Waals surface area contributed by atoms with Crippen molar-refractivity contribution < 1.29 is 26.5 Å². The Labute approximate surface area is 183 Å². The highest BCUT2D eigenvalue weighted by molar-refractivity contribution is 7.86. The van der Waals surface area contributed by atoms with Crippen LogP contribution in [0.3, 0.4) is 0 Å². The van der Waals surface area contributed by atoms with Crippen molar-refractivity contribution in [2.75, 3.05) is 13.2 Å². The molecule has 8 heteroatoms. The van der Waals surface area contributed by atoms with Crippen LogP contribution in [0.1, 0.15) is 54.9 Å². The number of rotatable bonds is 7. The van der Waals surface area contributed by atoms with E-state index in [1.54, 1.807) is 0 Å². The Morgan fingerprint density at radius 1 is 0.968 bits per heavy atom. The first-order valence-electron chi connectivity index (χ1n) is 10.2. The minimum Gasteiger partial charge on any atom is -0.463 e. The molecule has 7 nitrogen and oxygen atoms in total. The normalized spacial score (nSPS) is 14.9. The van der Waals surface area contributed by atoms with Gasteiger partial charge in [-0.15, -0.1) is 0 Å². The molecule has 172 valence electrons. The number of carbonyl (C=O) groups excluding carboxylic acids is 1. The minimum atomic E-state index is -4.06. The highest BCUT2D eigenvalue weighted by atomic mass is 32.2. The third kappa shape index (κ3) is 6.17. The summed E-state index contributed by atoms with van der Waals surface area (Å²) >= 11 is 0. The average molecular weight is 453 g/mol. The molecule has 31 heavy (non-hydrogen) atoms. The number of hydrogen-bond acceptors (Lipinski definition) is 7. The van der Waals surface area contributed by atoms with Crippen LogP contribution in [-0.4, -0.2) is 27.6 Å². The molecule has 2 rings (SSSR count). The summed E-state index contributed by atoms with van der Waals surface area (Å²) in [5.74, 6) is -0.378. The van der Waals surface area contributed by atoms with E-state index >= 15 is 0 Å². The summed E-state index contributed by atoms with van der Waals surface area (Å²) in [6, 6.07) is 6.74. The van der Waals surface area contributed by atoms with E-state index in [9.17, 15) is 18.0 Å². The van der Waals surface area contributed by atoms with E-state index in [-0.39, 0.29) is 40.5 Å². The van der Waals surface area contributed by atoms with Crippen LogP contribution in [0.15, 0.2) is 44.4 Å². The predicted molar refractivity (Wildman–Crippen MR) is 118 cm³/mol. The molecule has 1 aromatic heterocycles. The van der Waals surface area contributed by atoms with Crippen molar-refractivity contribution in [2.45, 2.75) is 59.8 Å². The molecular weight excluding hydrogens is 420 g/mol. The molecule has 1 heterocycles. The van der Waals surface area contributed by atoms with Crippen LogP contribution >= 0.6 is 0 Å². The number of carbonyl (C=O) groups is 1. The van der Waals surface area contributed by atoms with E-state index in [0.29, 0.717) is 11.8 Å². The van der Waals surface area contributed by atoms with Gasteiger partial charge in [-0.1, -0.05) is 41.5 Å². The molecule has 0 amide bonds. The first-order valence-corrected chi connectivity index (χ1v) is 11.6. The first kappa shape index (κ1) is 25.1. The summed E-state index contributed by atoms with van der Waals surface area (Å²) in [6.45, 7) is 13.6. The van der Waals surface area contributed by atoms with E-state index in [1.165, 1.54) is 30.3 Å². The van der Waals surface area contributed by atoms with Gasteiger partial charge in [0, 0.05) is 11.5 Å². The summed E-state index contributed by atoms with van der Waals surface area (Å²) in [5.41, 5.74) is -1.41. The molecule has 0 spiro atoms. The van der Waals surface area contributed by atoms with Crippen LogP contribution in [0.4, 0.5) is 0 Å². The van der Waals surface area contributed by atoms with Crippen molar-refractivity contribution in [2.24, 2.45) is 16.2 Å². The molecule has 1 unspecified atom stereocenters. The van der Waals surface area contributed by atoms with Crippen LogP contribution in [0.25, 0.3) is 11.0 Å². The zero-order chi connectivity index (χ0) is 23.7. The number of ether oxygens (including phenoxy) is 1. The maximum Gasteiger partial charge on any atom is 0.336 e. The van der Waals surface area contributed by atoms with Gasteiger partial charge in [-0.05, 0) is 48.4 Å². The van der Waals surface area contributed by atoms with Gasteiger partial charge in [-0.25, -0.2) is 4.79 Å². The second-order valence-corrected chi connectivity index (χ2v) is 11.8. The van der Waals surface area contributed by atoms with E-state index in [0.717, 1.165) is 0 Å². The molecule has 0 aliphatic carbocycles. The van der Waals surface area contributed by atoms with Crippen molar-refractivity contribution in [1.29, 1.82) is 0 Å². The van der Waals surface area contributed by atoms with E-state index < -0.39 is 21.2 Å². The highest BCUT2D eigenvalue weighted by Gasteiger charge is 2.47. The fourth-order valence-electron chi connectivity index (χ4n) is 3.42. The molecule has 0 aliphatic rings. The fraction of sp³-hybridized carbons (Fsp3) is 0.565. The van der Waals surface area contributed by atoms with E-state index in [2.05, 4.69) is 20.8 Å². The van der Waals surface area contributed by atoms with Gasteiger partial charge in [-0.3, -0.25) is 8.98 Å². The molecule has 0 fully saturated rings. The lowest BCUT2D eigenvalue weighted by Crippen LogP contribution is -2.44. The van der Waals surface area contributed by atoms with Gasteiger partial charge in [0.2, 0.25) is 0 Å². The maximum atomic E-state index is 12.9. The van der Waals surface area contributed by atoms with Crippen LogP contribution in [0.2, 0.25) is 0 Å². The fourth-order valence-corrected chi connectivity index (χ4v) is 4.34. The van der Waals surface area contributed by atoms with Gasteiger partial charge in [0.25, 0.3) is 10.1 Å². The molecule has 1 aromatic carbocycles.